The number of carbonyl (C=O) groups is 1. The van der Waals surface area contributed by atoms with Crippen LogP contribution in [0, 0.1) is 11.8 Å². The molecule has 0 radical (unpaired) electrons. The predicted octanol–water partition coefficient (Wildman–Crippen LogP) is 5.07. The van der Waals surface area contributed by atoms with Crippen molar-refractivity contribution in [2.24, 2.45) is 11.8 Å². The SMILES string of the molecule is CC1=C(C)CN(C(=O)C(C)CC(C)C)c2ccccc2C=C1. The van der Waals surface area contributed by atoms with Gasteiger partial charge in [0, 0.05) is 12.5 Å². The molecule has 2 nitrogen and oxygen atoms in total. The van der Waals surface area contributed by atoms with Crippen LogP contribution in [0.3, 0.4) is 0 Å². The van der Waals surface area contributed by atoms with E-state index in [0.29, 0.717) is 12.5 Å². The highest BCUT2D eigenvalue weighted by atomic mass is 16.2. The van der Waals surface area contributed by atoms with Gasteiger partial charge in [0.2, 0.25) is 5.91 Å². The van der Waals surface area contributed by atoms with Crippen LogP contribution in [0.5, 0.6) is 0 Å². The van der Waals surface area contributed by atoms with E-state index in [2.05, 4.69) is 45.9 Å². The average Bonchev–Trinajstić information content (AvgIpc) is 2.47. The second kappa shape index (κ2) is 6.95. The molecule has 1 heterocycles. The van der Waals surface area contributed by atoms with Crippen molar-refractivity contribution >= 4 is 17.7 Å². The summed E-state index contributed by atoms with van der Waals surface area (Å²) in [5.41, 5.74) is 4.62. The highest BCUT2D eigenvalue weighted by molar-refractivity contribution is 5.97. The van der Waals surface area contributed by atoms with Crippen molar-refractivity contribution in [2.45, 2.75) is 41.0 Å². The van der Waals surface area contributed by atoms with Gasteiger partial charge < -0.3 is 4.90 Å². The van der Waals surface area contributed by atoms with Crippen molar-refractivity contribution in [1.82, 2.24) is 0 Å². The van der Waals surface area contributed by atoms with Gasteiger partial charge in [-0.1, -0.05) is 62.3 Å². The van der Waals surface area contributed by atoms with E-state index in [9.17, 15) is 4.79 Å². The quantitative estimate of drug-likeness (QED) is 0.763. The molecule has 0 saturated carbocycles. The van der Waals surface area contributed by atoms with Gasteiger partial charge in [0.25, 0.3) is 0 Å². The Bertz CT molecular complexity index is 610. The van der Waals surface area contributed by atoms with Crippen LogP contribution in [0.4, 0.5) is 5.69 Å². The summed E-state index contributed by atoms with van der Waals surface area (Å²) in [6.07, 6.45) is 5.18. The molecule has 1 aliphatic rings. The zero-order valence-corrected chi connectivity index (χ0v) is 14.4. The largest absolute Gasteiger partial charge is 0.307 e. The van der Waals surface area contributed by atoms with Crippen LogP contribution in [0.15, 0.2) is 41.5 Å². The number of para-hydroxylation sites is 1. The zero-order valence-electron chi connectivity index (χ0n) is 14.4. The number of nitrogens with zero attached hydrogens (tertiary/aromatic N) is 1. The van der Waals surface area contributed by atoms with Crippen molar-refractivity contribution in [2.75, 3.05) is 11.4 Å². The number of rotatable bonds is 3. The molecular formula is C20H27NO. The molecule has 0 aromatic heterocycles. The number of hydrogen-bond donors (Lipinski definition) is 0. The Balaban J connectivity index is 2.41. The summed E-state index contributed by atoms with van der Waals surface area (Å²) in [5.74, 6) is 0.801. The Kier molecular flexibility index (Phi) is 5.23. The topological polar surface area (TPSA) is 20.3 Å². The molecule has 2 heteroatoms. The lowest BCUT2D eigenvalue weighted by Gasteiger charge is -2.29. The summed E-state index contributed by atoms with van der Waals surface area (Å²) < 4.78 is 0. The number of allylic oxidation sites excluding steroid dienone is 2. The maximum atomic E-state index is 13.0. The number of benzene rings is 1. The van der Waals surface area contributed by atoms with Gasteiger partial charge in [-0.2, -0.15) is 0 Å². The van der Waals surface area contributed by atoms with Gasteiger partial charge in [-0.05, 0) is 37.8 Å². The maximum Gasteiger partial charge on any atom is 0.230 e. The van der Waals surface area contributed by atoms with E-state index >= 15 is 0 Å². The van der Waals surface area contributed by atoms with Crippen LogP contribution in [0.2, 0.25) is 0 Å². The average molecular weight is 297 g/mol. The summed E-state index contributed by atoms with van der Waals surface area (Å²) in [6.45, 7) is 11.3. The Hall–Kier alpha value is -1.83. The van der Waals surface area contributed by atoms with E-state index in [1.165, 1.54) is 11.1 Å². The first-order valence-corrected chi connectivity index (χ1v) is 8.15. The number of amides is 1. The minimum atomic E-state index is 0.0459. The molecular weight excluding hydrogens is 270 g/mol. The third kappa shape index (κ3) is 3.68. The smallest absolute Gasteiger partial charge is 0.230 e. The van der Waals surface area contributed by atoms with Gasteiger partial charge in [0.1, 0.15) is 0 Å². The van der Waals surface area contributed by atoms with Crippen molar-refractivity contribution in [3.05, 3.63) is 47.1 Å². The molecule has 0 aliphatic carbocycles. The number of hydrogen-bond acceptors (Lipinski definition) is 1. The van der Waals surface area contributed by atoms with Crippen LogP contribution in [-0.2, 0) is 4.79 Å². The summed E-state index contributed by atoms with van der Waals surface area (Å²) in [7, 11) is 0. The van der Waals surface area contributed by atoms with Gasteiger partial charge in [-0.15, -0.1) is 0 Å². The van der Waals surface area contributed by atoms with Crippen molar-refractivity contribution in [1.29, 1.82) is 0 Å². The molecule has 2 rings (SSSR count). The molecule has 0 fully saturated rings. The number of anilines is 1. The van der Waals surface area contributed by atoms with Crippen LogP contribution in [0.25, 0.3) is 6.08 Å². The highest BCUT2D eigenvalue weighted by Gasteiger charge is 2.25. The fourth-order valence-corrected chi connectivity index (χ4v) is 2.95. The second-order valence-electron chi connectivity index (χ2n) is 6.81. The summed E-state index contributed by atoms with van der Waals surface area (Å²) in [6, 6.07) is 8.16. The molecule has 1 aliphatic heterocycles. The number of carbonyl (C=O) groups excluding carboxylic acids is 1. The van der Waals surface area contributed by atoms with Crippen LogP contribution in [0.1, 0.15) is 46.6 Å². The van der Waals surface area contributed by atoms with Gasteiger partial charge in [-0.25, -0.2) is 0 Å². The van der Waals surface area contributed by atoms with Crippen LogP contribution in [-0.4, -0.2) is 12.5 Å². The molecule has 22 heavy (non-hydrogen) atoms. The van der Waals surface area contributed by atoms with Gasteiger partial charge in [0.15, 0.2) is 0 Å². The number of fused-ring (bicyclic) bond motifs is 1. The molecule has 1 aromatic carbocycles. The van der Waals surface area contributed by atoms with E-state index < -0.39 is 0 Å². The van der Waals surface area contributed by atoms with Crippen LogP contribution >= 0.6 is 0 Å². The Morgan fingerprint density at radius 2 is 1.82 bits per heavy atom. The predicted molar refractivity (Wildman–Crippen MR) is 94.8 cm³/mol. The molecule has 1 atom stereocenters. The van der Waals surface area contributed by atoms with Crippen LogP contribution < -0.4 is 4.90 Å². The van der Waals surface area contributed by atoms with Crippen molar-refractivity contribution in [3.63, 3.8) is 0 Å². The standard InChI is InChI=1S/C20H27NO/c1-14(2)12-16(4)20(22)21-13-17(5)15(3)10-11-18-8-6-7-9-19(18)21/h6-11,14,16H,12-13H2,1-5H3. The first kappa shape index (κ1) is 16.5. The molecule has 1 aromatic rings. The molecule has 0 N–H and O–H groups in total. The third-order valence-corrected chi connectivity index (χ3v) is 4.32. The molecule has 0 saturated heterocycles. The lowest BCUT2D eigenvalue weighted by atomic mass is 9.96. The molecule has 1 unspecified atom stereocenters. The molecule has 118 valence electrons. The fourth-order valence-electron chi connectivity index (χ4n) is 2.95. The monoisotopic (exact) mass is 297 g/mol. The highest BCUT2D eigenvalue weighted by Crippen LogP contribution is 2.28. The van der Waals surface area contributed by atoms with E-state index in [1.807, 2.05) is 30.0 Å². The molecule has 0 spiro atoms. The first-order chi connectivity index (χ1) is 10.4. The fraction of sp³-hybridized carbons (Fsp3) is 0.450. The molecule has 1 amide bonds. The van der Waals surface area contributed by atoms with E-state index in [-0.39, 0.29) is 11.8 Å². The normalized spacial score (nSPS) is 16.4. The van der Waals surface area contributed by atoms with Gasteiger partial charge >= 0.3 is 0 Å². The maximum absolute atomic E-state index is 13.0. The first-order valence-electron chi connectivity index (χ1n) is 8.15. The summed E-state index contributed by atoms with van der Waals surface area (Å²) in [5, 5.41) is 0. The Morgan fingerprint density at radius 3 is 2.50 bits per heavy atom. The minimum absolute atomic E-state index is 0.0459. The van der Waals surface area contributed by atoms with Crippen molar-refractivity contribution in [3.8, 4) is 0 Å². The minimum Gasteiger partial charge on any atom is -0.307 e. The lowest BCUT2D eigenvalue weighted by molar-refractivity contribution is -0.122. The third-order valence-electron chi connectivity index (χ3n) is 4.32. The van der Waals surface area contributed by atoms with Gasteiger partial charge in [0.05, 0.1) is 5.69 Å². The van der Waals surface area contributed by atoms with E-state index in [1.54, 1.807) is 0 Å². The lowest BCUT2D eigenvalue weighted by Crippen LogP contribution is -2.37. The van der Waals surface area contributed by atoms with Gasteiger partial charge in [-0.3, -0.25) is 4.79 Å². The summed E-state index contributed by atoms with van der Waals surface area (Å²) in [4.78, 5) is 15.0. The van der Waals surface area contributed by atoms with E-state index in [0.717, 1.165) is 17.7 Å². The second-order valence-corrected chi connectivity index (χ2v) is 6.81. The Morgan fingerprint density at radius 1 is 1.14 bits per heavy atom. The Labute approximate surface area is 134 Å². The zero-order chi connectivity index (χ0) is 16.3. The van der Waals surface area contributed by atoms with E-state index in [4.69, 9.17) is 0 Å². The van der Waals surface area contributed by atoms with Crippen molar-refractivity contribution < 1.29 is 4.79 Å². The molecule has 0 bridgehead atoms. The summed E-state index contributed by atoms with van der Waals surface area (Å²) >= 11 is 0.